The third kappa shape index (κ3) is 12.6. The monoisotopic (exact) mass is 896 g/mol. The van der Waals surface area contributed by atoms with E-state index in [1.807, 2.05) is 77.0 Å². The van der Waals surface area contributed by atoms with Gasteiger partial charge in [-0.15, -0.1) is 0 Å². The molecule has 1 aromatic carbocycles. The fourth-order valence-electron chi connectivity index (χ4n) is 10.2. The Labute approximate surface area is 376 Å². The Morgan fingerprint density at radius 2 is 1.52 bits per heavy atom. The predicted octanol–water partition coefficient (Wildman–Crippen LogP) is 3.49. The molecule has 16 nitrogen and oxygen atoms in total. The molecule has 0 bridgehead atoms. The van der Waals surface area contributed by atoms with Crippen LogP contribution in [0.4, 0.5) is 0 Å². The lowest BCUT2D eigenvalue weighted by molar-refractivity contribution is -0.319. The Morgan fingerprint density at radius 3 is 2.11 bits per heavy atom. The smallest absolute Gasteiger partial charge is 0.311 e. The summed E-state index contributed by atoms with van der Waals surface area (Å²) >= 11 is 0. The first-order valence-electron chi connectivity index (χ1n) is 22.9. The molecular formula is C47H81N3O13. The summed E-state index contributed by atoms with van der Waals surface area (Å²) in [6, 6.07) is 8.72. The topological polar surface area (TPSA) is 207 Å². The number of aliphatic hydroxyl groups excluding tert-OH is 3. The molecule has 1 amide bonds. The number of ether oxygens (including phenoxy) is 7. The lowest BCUT2D eigenvalue weighted by Gasteiger charge is -2.50. The van der Waals surface area contributed by atoms with Crippen LogP contribution in [0.3, 0.4) is 0 Å². The maximum Gasteiger partial charge on any atom is 0.311 e. The minimum absolute atomic E-state index is 0.122. The molecule has 6 N–H and O–H groups in total. The van der Waals surface area contributed by atoms with Crippen LogP contribution < -0.4 is 10.9 Å². The van der Waals surface area contributed by atoms with Crippen molar-refractivity contribution in [2.45, 2.75) is 198 Å². The minimum atomic E-state index is -1.94. The van der Waals surface area contributed by atoms with Gasteiger partial charge < -0.3 is 58.5 Å². The number of aryl methyl sites for hydroxylation is 1. The molecule has 3 saturated heterocycles. The van der Waals surface area contributed by atoms with Crippen molar-refractivity contribution >= 4 is 11.9 Å². The molecule has 3 aliphatic heterocycles. The number of esters is 1. The van der Waals surface area contributed by atoms with Gasteiger partial charge in [-0.05, 0) is 92.8 Å². The molecule has 19 atom stereocenters. The van der Waals surface area contributed by atoms with E-state index < -0.39 is 108 Å². The largest absolute Gasteiger partial charge is 0.459 e. The summed E-state index contributed by atoms with van der Waals surface area (Å²) in [6.45, 7) is 17.8. The number of likely N-dealkylation sites (N-methyl/N-ethyl adjacent to an activating group) is 1. The lowest BCUT2D eigenvalue weighted by atomic mass is 9.72. The maximum atomic E-state index is 14.5. The van der Waals surface area contributed by atoms with Gasteiger partial charge in [-0.25, -0.2) is 5.43 Å². The van der Waals surface area contributed by atoms with Crippen LogP contribution in [0.15, 0.2) is 30.3 Å². The first-order chi connectivity index (χ1) is 29.4. The van der Waals surface area contributed by atoms with Crippen LogP contribution in [-0.2, 0) is 49.2 Å². The number of aliphatic hydroxyl groups is 4. The third-order valence-corrected chi connectivity index (χ3v) is 14.4. The Hall–Kier alpha value is -2.32. The highest BCUT2D eigenvalue weighted by Crippen LogP contribution is 2.42. The standard InChI is InChI=1S/C47H81N3O13/c1-15-34-47(10,56)40(53)28(4)37(49-48-35(51)22-21-32-19-17-16-18-20-32)26(2)24-46(9,58-14)42(63-44-38(52)33(50(11)12)23-27(3)59-44)29(5)39(30(6)43(55)61-34)62-36-25-45(8,57-13)41(54)31(7)60-36/h16-20,26-31,33-34,36-42,44,49,52-54,56H,15,21-25H2,1-14H3,(H,48,51). The number of benzene rings is 1. The Kier molecular flexibility index (Phi) is 19.0. The molecule has 1 aromatic rings. The summed E-state index contributed by atoms with van der Waals surface area (Å²) in [4.78, 5) is 29.8. The highest BCUT2D eigenvalue weighted by molar-refractivity contribution is 5.75. The van der Waals surface area contributed by atoms with E-state index in [0.29, 0.717) is 12.8 Å². The predicted molar refractivity (Wildman–Crippen MR) is 236 cm³/mol. The van der Waals surface area contributed by atoms with E-state index in [-0.39, 0.29) is 43.7 Å². The minimum Gasteiger partial charge on any atom is -0.459 e. The number of hydrogen-bond donors (Lipinski definition) is 6. The number of methoxy groups -OCH3 is 2. The number of carbonyl (C=O) groups is 2. The summed E-state index contributed by atoms with van der Waals surface area (Å²) in [5, 5.41) is 47.1. The Balaban J connectivity index is 1.84. The normalized spacial score (nSPS) is 43.5. The van der Waals surface area contributed by atoms with Crippen LogP contribution >= 0.6 is 0 Å². The first kappa shape index (κ1) is 53.3. The van der Waals surface area contributed by atoms with Gasteiger partial charge in [-0.3, -0.25) is 15.0 Å². The molecule has 16 heteroatoms. The molecular weight excluding hydrogens is 815 g/mol. The average molecular weight is 896 g/mol. The van der Waals surface area contributed by atoms with Gasteiger partial charge in [0.2, 0.25) is 5.91 Å². The second-order valence-corrected chi connectivity index (χ2v) is 19.6. The molecule has 19 unspecified atom stereocenters. The van der Waals surface area contributed by atoms with Gasteiger partial charge in [0.25, 0.3) is 0 Å². The molecule has 362 valence electrons. The van der Waals surface area contributed by atoms with Crippen LogP contribution in [0.1, 0.15) is 107 Å². The summed E-state index contributed by atoms with van der Waals surface area (Å²) in [7, 11) is 6.87. The van der Waals surface area contributed by atoms with Crippen molar-refractivity contribution in [2.75, 3.05) is 28.3 Å². The fourth-order valence-corrected chi connectivity index (χ4v) is 10.2. The van der Waals surface area contributed by atoms with Crippen molar-refractivity contribution in [3.05, 3.63) is 35.9 Å². The zero-order valence-corrected chi connectivity index (χ0v) is 40.3. The fraction of sp³-hybridized carbons (Fsp3) is 0.830. The average Bonchev–Trinajstić information content (AvgIpc) is 3.24. The van der Waals surface area contributed by atoms with Gasteiger partial charge in [0, 0.05) is 51.0 Å². The van der Waals surface area contributed by atoms with Crippen molar-refractivity contribution in [3.8, 4) is 0 Å². The van der Waals surface area contributed by atoms with Crippen molar-refractivity contribution in [2.24, 2.45) is 23.7 Å². The SMILES string of the molecule is CCC1OC(=O)C(C)C(OC2CC(C)(OC)C(O)C(C)O2)C(C)C(OC2OC(C)CC(N(C)C)C2O)C(C)(OC)CC(C)C(NNC(=O)CCc2ccccc2)C(C)C(O)C1(C)O. The molecule has 3 fully saturated rings. The van der Waals surface area contributed by atoms with Crippen LogP contribution in [-0.4, -0.2) is 156 Å². The number of hydrogen-bond acceptors (Lipinski definition) is 15. The Morgan fingerprint density at radius 1 is 0.889 bits per heavy atom. The molecule has 4 rings (SSSR count). The van der Waals surface area contributed by atoms with E-state index in [2.05, 4.69) is 10.9 Å². The highest BCUT2D eigenvalue weighted by atomic mass is 16.7. The number of rotatable bonds is 13. The van der Waals surface area contributed by atoms with Crippen LogP contribution in [0, 0.1) is 23.7 Å². The van der Waals surface area contributed by atoms with Crippen molar-refractivity contribution in [1.82, 2.24) is 15.8 Å². The molecule has 63 heavy (non-hydrogen) atoms. The second-order valence-electron chi connectivity index (χ2n) is 19.6. The van der Waals surface area contributed by atoms with Crippen LogP contribution in [0.2, 0.25) is 0 Å². The van der Waals surface area contributed by atoms with E-state index in [1.54, 1.807) is 41.7 Å². The summed E-state index contributed by atoms with van der Waals surface area (Å²) < 4.78 is 44.9. The lowest BCUT2D eigenvalue weighted by Crippen LogP contribution is -2.63. The van der Waals surface area contributed by atoms with Crippen molar-refractivity contribution in [1.29, 1.82) is 0 Å². The molecule has 0 spiro atoms. The van der Waals surface area contributed by atoms with Gasteiger partial charge in [0.05, 0.1) is 47.6 Å². The van der Waals surface area contributed by atoms with Gasteiger partial charge in [-0.2, -0.15) is 0 Å². The van der Waals surface area contributed by atoms with Crippen LogP contribution in [0.25, 0.3) is 0 Å². The van der Waals surface area contributed by atoms with E-state index in [1.165, 1.54) is 14.0 Å². The molecule has 3 heterocycles. The number of carbonyl (C=O) groups excluding carboxylic acids is 2. The zero-order valence-electron chi connectivity index (χ0n) is 40.3. The third-order valence-electron chi connectivity index (χ3n) is 14.4. The van der Waals surface area contributed by atoms with Crippen molar-refractivity contribution in [3.63, 3.8) is 0 Å². The zero-order chi connectivity index (χ0) is 47.2. The van der Waals surface area contributed by atoms with Gasteiger partial charge in [0.15, 0.2) is 12.6 Å². The van der Waals surface area contributed by atoms with E-state index in [4.69, 9.17) is 33.2 Å². The Bertz CT molecular complexity index is 1590. The van der Waals surface area contributed by atoms with Crippen molar-refractivity contribution < 1.29 is 63.2 Å². The first-order valence-corrected chi connectivity index (χ1v) is 22.9. The van der Waals surface area contributed by atoms with Gasteiger partial charge in [0.1, 0.15) is 23.9 Å². The van der Waals surface area contributed by atoms with Gasteiger partial charge >= 0.3 is 5.97 Å². The highest BCUT2D eigenvalue weighted by Gasteiger charge is 2.54. The van der Waals surface area contributed by atoms with Crippen LogP contribution in [0.5, 0.6) is 0 Å². The summed E-state index contributed by atoms with van der Waals surface area (Å²) in [6.07, 6.45) is -7.81. The number of nitrogens with one attached hydrogen (secondary N) is 2. The second kappa shape index (κ2) is 22.4. The van der Waals surface area contributed by atoms with E-state index >= 15 is 0 Å². The number of amides is 1. The molecule has 0 aromatic heterocycles. The molecule has 0 saturated carbocycles. The number of cyclic esters (lactones) is 1. The summed E-state index contributed by atoms with van der Waals surface area (Å²) in [5.41, 5.74) is 2.91. The summed E-state index contributed by atoms with van der Waals surface area (Å²) in [5.74, 6) is -3.82. The molecule has 3 aliphatic rings. The molecule has 0 radical (unpaired) electrons. The number of nitrogens with zero attached hydrogens (tertiary/aromatic N) is 1. The molecule has 0 aliphatic carbocycles. The van der Waals surface area contributed by atoms with Gasteiger partial charge in [-0.1, -0.05) is 58.0 Å². The van der Waals surface area contributed by atoms with E-state index in [9.17, 15) is 30.0 Å². The quantitative estimate of drug-likeness (QED) is 0.124. The van der Waals surface area contributed by atoms with E-state index in [0.717, 1.165) is 5.56 Å². The maximum absolute atomic E-state index is 14.5. The number of hydrazine groups is 1.